The van der Waals surface area contributed by atoms with Gasteiger partial charge < -0.3 is 15.2 Å². The van der Waals surface area contributed by atoms with Crippen LogP contribution in [0.3, 0.4) is 0 Å². The van der Waals surface area contributed by atoms with Gasteiger partial charge in [-0.2, -0.15) is 0 Å². The van der Waals surface area contributed by atoms with E-state index in [2.05, 4.69) is 9.97 Å². The van der Waals surface area contributed by atoms with Crippen molar-refractivity contribution in [3.8, 4) is 0 Å². The lowest BCUT2D eigenvalue weighted by molar-refractivity contribution is 0.0789. The molecule has 1 atom stereocenters. The predicted molar refractivity (Wildman–Crippen MR) is 87.3 cm³/mol. The molecular formula is C16H21N5O2. The van der Waals surface area contributed by atoms with Gasteiger partial charge in [-0.15, -0.1) is 0 Å². The Kier molecular flexibility index (Phi) is 3.94. The number of anilines is 1. The van der Waals surface area contributed by atoms with Gasteiger partial charge in [-0.1, -0.05) is 6.92 Å². The number of nitrogen functional groups attached to an aromatic ring is 1. The molecule has 0 radical (unpaired) electrons. The third kappa shape index (κ3) is 2.86. The molecule has 3 N–H and O–H groups in total. The van der Waals surface area contributed by atoms with Gasteiger partial charge in [-0.05, 0) is 18.9 Å². The summed E-state index contributed by atoms with van der Waals surface area (Å²) in [6.07, 6.45) is 3.52. The molecule has 23 heavy (non-hydrogen) atoms. The van der Waals surface area contributed by atoms with Crippen LogP contribution in [0.2, 0.25) is 0 Å². The molecular weight excluding hydrogens is 294 g/mol. The fraction of sp³-hybridized carbons (Fsp3) is 0.438. The van der Waals surface area contributed by atoms with Crippen molar-refractivity contribution in [1.82, 2.24) is 19.4 Å². The smallest absolute Gasteiger partial charge is 0.255 e. The minimum Gasteiger partial charge on any atom is -0.369 e. The second kappa shape index (κ2) is 5.91. The average Bonchev–Trinajstić information content (AvgIpc) is 3.12. The highest BCUT2D eigenvalue weighted by atomic mass is 16.2. The number of rotatable bonds is 3. The first kappa shape index (κ1) is 15.3. The summed E-state index contributed by atoms with van der Waals surface area (Å²) in [4.78, 5) is 32.8. The van der Waals surface area contributed by atoms with E-state index >= 15 is 0 Å². The number of aryl methyl sites for hydroxylation is 1. The second-order valence-electron chi connectivity index (χ2n) is 5.93. The first-order valence-corrected chi connectivity index (χ1v) is 7.79. The Morgan fingerprint density at radius 1 is 1.52 bits per heavy atom. The molecule has 1 aliphatic heterocycles. The molecule has 122 valence electrons. The first-order valence-electron chi connectivity index (χ1n) is 7.79. The van der Waals surface area contributed by atoms with Crippen LogP contribution < -0.4 is 11.3 Å². The second-order valence-corrected chi connectivity index (χ2v) is 5.93. The maximum absolute atomic E-state index is 12.8. The van der Waals surface area contributed by atoms with E-state index in [9.17, 15) is 9.59 Å². The summed E-state index contributed by atoms with van der Waals surface area (Å²) in [5.74, 6) is 0.216. The third-order valence-electron chi connectivity index (χ3n) is 4.44. The fourth-order valence-corrected chi connectivity index (χ4v) is 3.26. The maximum atomic E-state index is 12.8. The van der Waals surface area contributed by atoms with E-state index in [1.54, 1.807) is 0 Å². The number of hydrogen-bond donors (Lipinski definition) is 2. The van der Waals surface area contributed by atoms with Gasteiger partial charge in [-0.25, -0.2) is 4.98 Å². The van der Waals surface area contributed by atoms with Crippen molar-refractivity contribution in [2.75, 3.05) is 18.8 Å². The minimum atomic E-state index is -0.256. The molecule has 0 aromatic carbocycles. The molecule has 3 heterocycles. The summed E-state index contributed by atoms with van der Waals surface area (Å²) in [7, 11) is 1.95. The molecule has 2 aromatic rings. The number of carbonyl (C=O) groups is 1. The Bertz CT molecular complexity index is 792. The van der Waals surface area contributed by atoms with Crippen LogP contribution in [0.15, 0.2) is 23.1 Å². The lowest BCUT2D eigenvalue weighted by atomic mass is 10.1. The number of aromatic amines is 1. The quantitative estimate of drug-likeness (QED) is 0.878. The van der Waals surface area contributed by atoms with E-state index in [0.29, 0.717) is 18.8 Å². The van der Waals surface area contributed by atoms with E-state index in [-0.39, 0.29) is 23.3 Å². The number of nitrogens with one attached hydrogen (secondary N) is 1. The lowest BCUT2D eigenvalue weighted by Crippen LogP contribution is -2.29. The molecule has 1 amide bonds. The zero-order valence-electron chi connectivity index (χ0n) is 13.4. The Balaban J connectivity index is 1.79. The summed E-state index contributed by atoms with van der Waals surface area (Å²) in [6, 6.07) is 3.34. The Hall–Kier alpha value is -2.57. The number of carbonyl (C=O) groups excluding carboxylic acids is 1. The highest BCUT2D eigenvalue weighted by Gasteiger charge is 2.30. The van der Waals surface area contributed by atoms with Crippen molar-refractivity contribution < 1.29 is 4.79 Å². The lowest BCUT2D eigenvalue weighted by Gasteiger charge is -2.17. The van der Waals surface area contributed by atoms with E-state index in [0.717, 1.165) is 24.1 Å². The van der Waals surface area contributed by atoms with Crippen LogP contribution >= 0.6 is 0 Å². The number of aromatic nitrogens is 3. The molecule has 1 saturated heterocycles. The predicted octanol–water partition coefficient (Wildman–Crippen LogP) is 0.883. The van der Waals surface area contributed by atoms with E-state index in [4.69, 9.17) is 5.73 Å². The van der Waals surface area contributed by atoms with Crippen molar-refractivity contribution in [2.24, 2.45) is 7.05 Å². The topological polar surface area (TPSA) is 97.0 Å². The summed E-state index contributed by atoms with van der Waals surface area (Å²) in [5, 5.41) is 0. The molecule has 1 unspecified atom stereocenters. The van der Waals surface area contributed by atoms with E-state index in [1.165, 1.54) is 6.07 Å². The van der Waals surface area contributed by atoms with Crippen LogP contribution in [0.25, 0.3) is 0 Å². The number of nitrogens with zero attached hydrogens (tertiary/aromatic N) is 3. The maximum Gasteiger partial charge on any atom is 0.255 e. The highest BCUT2D eigenvalue weighted by Crippen LogP contribution is 2.27. The highest BCUT2D eigenvalue weighted by molar-refractivity contribution is 5.95. The fourth-order valence-electron chi connectivity index (χ4n) is 3.26. The Morgan fingerprint density at radius 3 is 3.00 bits per heavy atom. The zero-order valence-corrected chi connectivity index (χ0v) is 13.4. The van der Waals surface area contributed by atoms with Crippen LogP contribution in [0, 0.1) is 0 Å². The third-order valence-corrected chi connectivity index (χ3v) is 4.44. The van der Waals surface area contributed by atoms with Gasteiger partial charge in [0.25, 0.3) is 11.5 Å². The van der Waals surface area contributed by atoms with Crippen molar-refractivity contribution in [3.05, 3.63) is 45.6 Å². The Morgan fingerprint density at radius 2 is 2.30 bits per heavy atom. The molecule has 2 aromatic heterocycles. The SMILES string of the molecule is CCc1c(C(=O)N2CCC(c3cc(=O)[nH]c(N)n3)C2)ccn1C. The molecule has 0 aliphatic carbocycles. The molecule has 0 bridgehead atoms. The normalized spacial score (nSPS) is 17.7. The van der Waals surface area contributed by atoms with Crippen molar-refractivity contribution in [3.63, 3.8) is 0 Å². The number of hydrogen-bond acceptors (Lipinski definition) is 4. The van der Waals surface area contributed by atoms with Crippen LogP contribution in [0.4, 0.5) is 5.95 Å². The molecule has 0 spiro atoms. The van der Waals surface area contributed by atoms with Gasteiger partial charge in [-0.3, -0.25) is 14.6 Å². The molecule has 0 saturated carbocycles. The van der Waals surface area contributed by atoms with Crippen LogP contribution in [-0.4, -0.2) is 38.4 Å². The van der Waals surface area contributed by atoms with Crippen molar-refractivity contribution in [1.29, 1.82) is 0 Å². The van der Waals surface area contributed by atoms with Gasteiger partial charge in [0.15, 0.2) is 0 Å². The number of H-pyrrole nitrogens is 1. The van der Waals surface area contributed by atoms with Crippen LogP contribution in [-0.2, 0) is 13.5 Å². The Labute approximate surface area is 134 Å². The van der Waals surface area contributed by atoms with Gasteiger partial charge in [0, 0.05) is 44.0 Å². The van der Waals surface area contributed by atoms with Crippen molar-refractivity contribution >= 4 is 11.9 Å². The van der Waals surface area contributed by atoms with Gasteiger partial charge >= 0.3 is 0 Å². The molecule has 1 aliphatic rings. The monoisotopic (exact) mass is 315 g/mol. The molecule has 7 nitrogen and oxygen atoms in total. The summed E-state index contributed by atoms with van der Waals surface area (Å²) in [6.45, 7) is 3.27. The summed E-state index contributed by atoms with van der Waals surface area (Å²) in [5.41, 5.74) is 7.80. The number of nitrogens with two attached hydrogens (primary N) is 1. The molecule has 7 heteroatoms. The largest absolute Gasteiger partial charge is 0.369 e. The average molecular weight is 315 g/mol. The standard InChI is InChI=1S/C16H21N5O2/c1-3-13-11(5-6-20(13)2)15(23)21-7-4-10(9-21)12-8-14(22)19-16(17)18-12/h5-6,8,10H,3-4,7,9H2,1-2H3,(H3,17,18,19,22). The van der Waals surface area contributed by atoms with Crippen LogP contribution in [0.5, 0.6) is 0 Å². The van der Waals surface area contributed by atoms with E-state index < -0.39 is 0 Å². The molecule has 3 rings (SSSR count). The molecule has 1 fully saturated rings. The van der Waals surface area contributed by atoms with Gasteiger partial charge in [0.2, 0.25) is 5.95 Å². The number of amides is 1. The zero-order chi connectivity index (χ0) is 16.6. The summed E-state index contributed by atoms with van der Waals surface area (Å²) < 4.78 is 1.99. The summed E-state index contributed by atoms with van der Waals surface area (Å²) >= 11 is 0. The van der Waals surface area contributed by atoms with E-state index in [1.807, 2.05) is 35.7 Å². The van der Waals surface area contributed by atoms with Crippen LogP contribution in [0.1, 0.15) is 41.0 Å². The first-order chi connectivity index (χ1) is 11.0. The van der Waals surface area contributed by atoms with Gasteiger partial charge in [0.1, 0.15) is 0 Å². The number of likely N-dealkylation sites (tertiary alicyclic amines) is 1. The van der Waals surface area contributed by atoms with Gasteiger partial charge in [0.05, 0.1) is 11.3 Å². The minimum absolute atomic E-state index is 0.0442. The van der Waals surface area contributed by atoms with Crippen molar-refractivity contribution in [2.45, 2.75) is 25.7 Å².